The van der Waals surface area contributed by atoms with Crippen molar-refractivity contribution in [3.8, 4) is 6.07 Å². The second-order valence-corrected chi connectivity index (χ2v) is 3.17. The second-order valence-electron chi connectivity index (χ2n) is 3.17. The molecule has 1 aromatic rings. The molecule has 0 saturated heterocycles. The highest BCUT2D eigenvalue weighted by atomic mass is 16.3. The molecule has 0 radical (unpaired) electrons. The molecule has 4 nitrogen and oxygen atoms in total. The molecule has 0 spiro atoms. The van der Waals surface area contributed by atoms with Gasteiger partial charge in [-0.25, -0.2) is 0 Å². The standard InChI is InChI=1S/C10H14N2O2/c1-8(4-5-13)12-7-10-3-2-9(6-11)14-10/h2-3,8,12-13H,4-5,7H2,1H3/t8-/m1/s1. The highest BCUT2D eigenvalue weighted by Gasteiger charge is 2.03. The first-order valence-electron chi connectivity index (χ1n) is 4.59. The van der Waals surface area contributed by atoms with Gasteiger partial charge in [-0.05, 0) is 25.5 Å². The zero-order valence-corrected chi connectivity index (χ0v) is 8.16. The van der Waals surface area contributed by atoms with Gasteiger partial charge in [0.15, 0.2) is 0 Å². The summed E-state index contributed by atoms with van der Waals surface area (Å²) in [5.41, 5.74) is 0. The highest BCUT2D eigenvalue weighted by Crippen LogP contribution is 2.06. The van der Waals surface area contributed by atoms with Crippen LogP contribution in [0, 0.1) is 11.3 Å². The zero-order chi connectivity index (χ0) is 10.4. The molecule has 14 heavy (non-hydrogen) atoms. The summed E-state index contributed by atoms with van der Waals surface area (Å²) in [6.07, 6.45) is 0.714. The van der Waals surface area contributed by atoms with E-state index in [1.165, 1.54) is 0 Å². The second kappa shape index (κ2) is 5.43. The van der Waals surface area contributed by atoms with Crippen molar-refractivity contribution in [2.24, 2.45) is 0 Å². The summed E-state index contributed by atoms with van der Waals surface area (Å²) in [6, 6.07) is 5.59. The average molecular weight is 194 g/mol. The van der Waals surface area contributed by atoms with Crippen LogP contribution in [0.25, 0.3) is 0 Å². The molecule has 4 heteroatoms. The van der Waals surface area contributed by atoms with E-state index in [9.17, 15) is 0 Å². The van der Waals surface area contributed by atoms with Crippen LogP contribution in [-0.4, -0.2) is 17.8 Å². The molecule has 0 saturated carbocycles. The maximum atomic E-state index is 8.67. The van der Waals surface area contributed by atoms with Gasteiger partial charge < -0.3 is 14.8 Å². The Morgan fingerprint density at radius 3 is 3.00 bits per heavy atom. The van der Waals surface area contributed by atoms with E-state index >= 15 is 0 Å². The van der Waals surface area contributed by atoms with Crippen molar-refractivity contribution in [3.05, 3.63) is 23.7 Å². The van der Waals surface area contributed by atoms with Crippen molar-refractivity contribution in [3.63, 3.8) is 0 Å². The van der Waals surface area contributed by atoms with Crippen molar-refractivity contribution in [2.45, 2.75) is 25.9 Å². The number of nitrogens with one attached hydrogen (secondary N) is 1. The quantitative estimate of drug-likeness (QED) is 0.734. The minimum Gasteiger partial charge on any atom is -0.449 e. The molecule has 0 aliphatic heterocycles. The number of rotatable bonds is 5. The Balaban J connectivity index is 2.35. The summed E-state index contributed by atoms with van der Waals surface area (Å²) >= 11 is 0. The van der Waals surface area contributed by atoms with Gasteiger partial charge in [-0.1, -0.05) is 0 Å². The van der Waals surface area contributed by atoms with Crippen molar-refractivity contribution >= 4 is 0 Å². The summed E-state index contributed by atoms with van der Waals surface area (Å²) in [5.74, 6) is 1.07. The molecule has 0 aliphatic rings. The molecule has 76 valence electrons. The Bertz CT molecular complexity index is 314. The Morgan fingerprint density at radius 1 is 1.64 bits per heavy atom. The van der Waals surface area contributed by atoms with Crippen LogP contribution < -0.4 is 5.32 Å². The van der Waals surface area contributed by atoms with Crippen LogP contribution in [-0.2, 0) is 6.54 Å². The highest BCUT2D eigenvalue weighted by molar-refractivity contribution is 5.18. The number of hydrogen-bond acceptors (Lipinski definition) is 4. The van der Waals surface area contributed by atoms with Crippen molar-refractivity contribution in [2.75, 3.05) is 6.61 Å². The number of aliphatic hydroxyl groups excluding tert-OH is 1. The van der Waals surface area contributed by atoms with Gasteiger partial charge in [0, 0.05) is 12.6 Å². The lowest BCUT2D eigenvalue weighted by molar-refractivity contribution is 0.267. The fraction of sp³-hybridized carbons (Fsp3) is 0.500. The third kappa shape index (κ3) is 3.21. The molecule has 0 aromatic carbocycles. The first-order valence-corrected chi connectivity index (χ1v) is 4.59. The molecule has 1 atom stereocenters. The topological polar surface area (TPSA) is 69.2 Å². The Labute approximate surface area is 83.2 Å². The normalized spacial score (nSPS) is 12.4. The fourth-order valence-electron chi connectivity index (χ4n) is 1.10. The molecular weight excluding hydrogens is 180 g/mol. The first kappa shape index (κ1) is 10.8. The smallest absolute Gasteiger partial charge is 0.203 e. The maximum Gasteiger partial charge on any atom is 0.203 e. The van der Waals surface area contributed by atoms with Crippen LogP contribution >= 0.6 is 0 Å². The van der Waals surface area contributed by atoms with Gasteiger partial charge in [0.1, 0.15) is 11.8 Å². The van der Waals surface area contributed by atoms with E-state index in [4.69, 9.17) is 14.8 Å². The summed E-state index contributed by atoms with van der Waals surface area (Å²) in [5, 5.41) is 20.4. The minimum atomic E-state index is 0.176. The van der Waals surface area contributed by atoms with Gasteiger partial charge in [0.05, 0.1) is 6.54 Å². The van der Waals surface area contributed by atoms with E-state index in [2.05, 4.69) is 5.32 Å². The van der Waals surface area contributed by atoms with Gasteiger partial charge >= 0.3 is 0 Å². The third-order valence-corrected chi connectivity index (χ3v) is 1.96. The van der Waals surface area contributed by atoms with E-state index in [1.807, 2.05) is 13.0 Å². The largest absolute Gasteiger partial charge is 0.449 e. The SMILES string of the molecule is C[C@H](CCO)NCc1ccc(C#N)o1. The molecule has 1 heterocycles. The van der Waals surface area contributed by atoms with Crippen molar-refractivity contribution < 1.29 is 9.52 Å². The number of furan rings is 1. The van der Waals surface area contributed by atoms with E-state index in [1.54, 1.807) is 12.1 Å². The van der Waals surface area contributed by atoms with Gasteiger partial charge in [-0.15, -0.1) is 0 Å². The zero-order valence-electron chi connectivity index (χ0n) is 8.16. The monoisotopic (exact) mass is 194 g/mol. The van der Waals surface area contributed by atoms with Crippen LogP contribution in [0.15, 0.2) is 16.5 Å². The maximum absolute atomic E-state index is 8.67. The number of hydrogen-bond donors (Lipinski definition) is 2. The van der Waals surface area contributed by atoms with Gasteiger partial charge in [-0.3, -0.25) is 0 Å². The Kier molecular flexibility index (Phi) is 4.17. The Hall–Kier alpha value is -1.31. The Morgan fingerprint density at radius 2 is 2.43 bits per heavy atom. The summed E-state index contributed by atoms with van der Waals surface area (Å²) in [4.78, 5) is 0. The van der Waals surface area contributed by atoms with Crippen molar-refractivity contribution in [1.82, 2.24) is 5.32 Å². The first-order chi connectivity index (χ1) is 6.76. The number of nitriles is 1. The number of aliphatic hydroxyl groups is 1. The van der Waals surface area contributed by atoms with Crippen LogP contribution in [0.3, 0.4) is 0 Å². The molecule has 0 amide bonds. The molecule has 0 bridgehead atoms. The van der Waals surface area contributed by atoms with E-state index in [0.29, 0.717) is 18.7 Å². The predicted octanol–water partition coefficient (Wildman–Crippen LogP) is 1.01. The van der Waals surface area contributed by atoms with E-state index in [-0.39, 0.29) is 12.6 Å². The number of nitrogens with zero attached hydrogens (tertiary/aromatic N) is 1. The molecular formula is C10H14N2O2. The molecule has 1 aromatic heterocycles. The van der Waals surface area contributed by atoms with Gasteiger partial charge in [-0.2, -0.15) is 5.26 Å². The van der Waals surface area contributed by atoms with E-state index < -0.39 is 0 Å². The van der Waals surface area contributed by atoms with Crippen LogP contribution in [0.5, 0.6) is 0 Å². The lowest BCUT2D eigenvalue weighted by atomic mass is 10.2. The lowest BCUT2D eigenvalue weighted by Crippen LogP contribution is -2.26. The lowest BCUT2D eigenvalue weighted by Gasteiger charge is -2.10. The fourth-order valence-corrected chi connectivity index (χ4v) is 1.10. The minimum absolute atomic E-state index is 0.176. The predicted molar refractivity (Wildman–Crippen MR) is 51.4 cm³/mol. The summed E-state index contributed by atoms with van der Waals surface area (Å²) in [6.45, 7) is 2.75. The molecule has 0 fully saturated rings. The van der Waals surface area contributed by atoms with Gasteiger partial charge in [0.2, 0.25) is 5.76 Å². The molecule has 1 rings (SSSR count). The summed E-state index contributed by atoms with van der Waals surface area (Å²) < 4.78 is 5.18. The van der Waals surface area contributed by atoms with Crippen LogP contribution in [0.2, 0.25) is 0 Å². The van der Waals surface area contributed by atoms with Crippen LogP contribution in [0.4, 0.5) is 0 Å². The molecule has 0 aliphatic carbocycles. The van der Waals surface area contributed by atoms with Gasteiger partial charge in [0.25, 0.3) is 0 Å². The van der Waals surface area contributed by atoms with Crippen molar-refractivity contribution in [1.29, 1.82) is 5.26 Å². The molecule has 2 N–H and O–H groups in total. The third-order valence-electron chi connectivity index (χ3n) is 1.96. The molecule has 0 unspecified atom stereocenters. The van der Waals surface area contributed by atoms with E-state index in [0.717, 1.165) is 5.76 Å². The average Bonchev–Trinajstić information content (AvgIpc) is 2.63. The van der Waals surface area contributed by atoms with Crippen LogP contribution in [0.1, 0.15) is 24.9 Å². The summed E-state index contributed by atoms with van der Waals surface area (Å²) in [7, 11) is 0.